The van der Waals surface area contributed by atoms with Crippen LogP contribution in [0, 0.1) is 0 Å². The van der Waals surface area contributed by atoms with Gasteiger partial charge in [-0.2, -0.15) is 0 Å². The third-order valence-electron chi connectivity index (χ3n) is 2.53. The zero-order valence-electron chi connectivity index (χ0n) is 11.5. The number of methoxy groups -OCH3 is 1. The molecule has 0 aliphatic rings. The number of amides is 1. The van der Waals surface area contributed by atoms with Gasteiger partial charge in [-0.15, -0.1) is 0 Å². The molecule has 0 saturated carbocycles. The molecule has 1 rings (SSSR count). The SMILES string of the molecule is COc1ccccc1N(CC(=O)N(C)C)S(C)(=O)=O. The van der Waals surface area contributed by atoms with E-state index in [2.05, 4.69) is 0 Å². The van der Waals surface area contributed by atoms with E-state index in [9.17, 15) is 13.2 Å². The number of anilines is 1. The Morgan fingerprint density at radius 3 is 2.32 bits per heavy atom. The maximum Gasteiger partial charge on any atom is 0.242 e. The average molecular weight is 286 g/mol. The second-order valence-corrected chi connectivity index (χ2v) is 6.14. The van der Waals surface area contributed by atoms with E-state index >= 15 is 0 Å². The zero-order valence-corrected chi connectivity index (χ0v) is 12.3. The maximum atomic E-state index is 11.9. The van der Waals surface area contributed by atoms with Crippen molar-refractivity contribution in [3.63, 3.8) is 0 Å². The largest absolute Gasteiger partial charge is 0.495 e. The van der Waals surface area contributed by atoms with Crippen molar-refractivity contribution in [1.29, 1.82) is 0 Å². The molecule has 0 saturated heterocycles. The molecule has 19 heavy (non-hydrogen) atoms. The normalized spacial score (nSPS) is 10.9. The number of ether oxygens (including phenoxy) is 1. The standard InChI is InChI=1S/C12H18N2O4S/c1-13(2)12(15)9-14(19(4,16)17)10-7-5-6-8-11(10)18-3/h5-8H,9H2,1-4H3. The Hall–Kier alpha value is -1.76. The van der Waals surface area contributed by atoms with Gasteiger partial charge in [0.25, 0.3) is 0 Å². The van der Waals surface area contributed by atoms with Crippen LogP contribution in [0.4, 0.5) is 5.69 Å². The molecule has 1 aromatic carbocycles. The number of para-hydroxylation sites is 2. The van der Waals surface area contributed by atoms with E-state index in [1.807, 2.05) is 0 Å². The van der Waals surface area contributed by atoms with Gasteiger partial charge < -0.3 is 9.64 Å². The first-order chi connectivity index (χ1) is 8.77. The summed E-state index contributed by atoms with van der Waals surface area (Å²) < 4.78 is 29.9. The Kier molecular flexibility index (Phi) is 4.77. The number of carbonyl (C=O) groups is 1. The molecule has 0 spiro atoms. The lowest BCUT2D eigenvalue weighted by Gasteiger charge is -2.24. The highest BCUT2D eigenvalue weighted by Gasteiger charge is 2.24. The molecule has 0 fully saturated rings. The van der Waals surface area contributed by atoms with Gasteiger partial charge in [0.2, 0.25) is 15.9 Å². The van der Waals surface area contributed by atoms with Crippen molar-refractivity contribution in [3.8, 4) is 5.75 Å². The van der Waals surface area contributed by atoms with Crippen LogP contribution in [0.25, 0.3) is 0 Å². The van der Waals surface area contributed by atoms with E-state index in [1.165, 1.54) is 12.0 Å². The average Bonchev–Trinajstić information content (AvgIpc) is 2.34. The van der Waals surface area contributed by atoms with Gasteiger partial charge in [0, 0.05) is 14.1 Å². The summed E-state index contributed by atoms with van der Waals surface area (Å²) in [6, 6.07) is 6.67. The molecule has 0 aliphatic heterocycles. The summed E-state index contributed by atoms with van der Waals surface area (Å²) in [5, 5.41) is 0. The first kappa shape index (κ1) is 15.3. The number of nitrogens with zero attached hydrogens (tertiary/aromatic N) is 2. The van der Waals surface area contributed by atoms with Crippen molar-refractivity contribution in [2.45, 2.75) is 0 Å². The zero-order chi connectivity index (χ0) is 14.6. The van der Waals surface area contributed by atoms with Crippen LogP contribution in [-0.2, 0) is 14.8 Å². The summed E-state index contributed by atoms with van der Waals surface area (Å²) in [4.78, 5) is 13.1. The minimum Gasteiger partial charge on any atom is -0.495 e. The van der Waals surface area contributed by atoms with E-state index in [0.717, 1.165) is 10.6 Å². The Morgan fingerprint density at radius 1 is 1.26 bits per heavy atom. The fourth-order valence-corrected chi connectivity index (χ4v) is 2.33. The first-order valence-corrected chi connectivity index (χ1v) is 7.43. The fraction of sp³-hybridized carbons (Fsp3) is 0.417. The van der Waals surface area contributed by atoms with Crippen molar-refractivity contribution >= 4 is 21.6 Å². The molecule has 7 heteroatoms. The van der Waals surface area contributed by atoms with Crippen LogP contribution in [-0.4, -0.2) is 53.2 Å². The topological polar surface area (TPSA) is 66.9 Å². The molecule has 0 atom stereocenters. The van der Waals surface area contributed by atoms with Crippen LogP contribution in [0.1, 0.15) is 0 Å². The van der Waals surface area contributed by atoms with Gasteiger partial charge in [-0.3, -0.25) is 9.10 Å². The third kappa shape index (κ3) is 3.85. The van der Waals surface area contributed by atoms with E-state index in [-0.39, 0.29) is 12.5 Å². The lowest BCUT2D eigenvalue weighted by Crippen LogP contribution is -2.40. The van der Waals surface area contributed by atoms with Crippen LogP contribution < -0.4 is 9.04 Å². The Morgan fingerprint density at radius 2 is 1.84 bits per heavy atom. The maximum absolute atomic E-state index is 11.9. The Bertz CT molecular complexity index is 555. The van der Waals surface area contributed by atoms with Gasteiger partial charge in [-0.05, 0) is 12.1 Å². The third-order valence-corrected chi connectivity index (χ3v) is 3.66. The van der Waals surface area contributed by atoms with Crippen molar-refractivity contribution in [2.24, 2.45) is 0 Å². The number of rotatable bonds is 5. The van der Waals surface area contributed by atoms with Crippen LogP contribution in [0.3, 0.4) is 0 Å². The first-order valence-electron chi connectivity index (χ1n) is 5.58. The van der Waals surface area contributed by atoms with Gasteiger partial charge in [0.15, 0.2) is 0 Å². The number of hydrogen-bond acceptors (Lipinski definition) is 4. The predicted octanol–water partition coefficient (Wildman–Crippen LogP) is 0.549. The molecule has 0 N–H and O–H groups in total. The number of hydrogen-bond donors (Lipinski definition) is 0. The molecule has 1 amide bonds. The van der Waals surface area contributed by atoms with Crippen molar-refractivity contribution in [1.82, 2.24) is 4.90 Å². The molecule has 6 nitrogen and oxygen atoms in total. The second-order valence-electron chi connectivity index (χ2n) is 4.23. The Labute approximate surface area is 113 Å². The minimum absolute atomic E-state index is 0.258. The monoisotopic (exact) mass is 286 g/mol. The smallest absolute Gasteiger partial charge is 0.242 e. The van der Waals surface area contributed by atoms with Gasteiger partial charge in [0.05, 0.1) is 19.1 Å². The van der Waals surface area contributed by atoms with Crippen molar-refractivity contribution in [2.75, 3.05) is 38.3 Å². The number of benzene rings is 1. The van der Waals surface area contributed by atoms with E-state index in [0.29, 0.717) is 11.4 Å². The molecular weight excluding hydrogens is 268 g/mol. The van der Waals surface area contributed by atoms with Gasteiger partial charge in [-0.25, -0.2) is 8.42 Å². The highest BCUT2D eigenvalue weighted by molar-refractivity contribution is 7.92. The fourth-order valence-electron chi connectivity index (χ4n) is 1.48. The van der Waals surface area contributed by atoms with E-state index in [4.69, 9.17) is 4.74 Å². The molecule has 106 valence electrons. The van der Waals surface area contributed by atoms with Crippen molar-refractivity contribution in [3.05, 3.63) is 24.3 Å². The molecule has 0 radical (unpaired) electrons. The molecule has 1 aromatic rings. The second kappa shape index (κ2) is 5.92. The molecule has 0 heterocycles. The van der Waals surface area contributed by atoms with Gasteiger partial charge in [0.1, 0.15) is 12.3 Å². The highest BCUT2D eigenvalue weighted by Crippen LogP contribution is 2.29. The Balaban J connectivity index is 3.22. The molecule has 0 aromatic heterocycles. The van der Waals surface area contributed by atoms with Crippen molar-refractivity contribution < 1.29 is 17.9 Å². The number of likely N-dealkylation sites (N-methyl/N-ethyl adjacent to an activating group) is 1. The van der Waals surface area contributed by atoms with Crippen LogP contribution in [0.15, 0.2) is 24.3 Å². The summed E-state index contributed by atoms with van der Waals surface area (Å²) in [5.74, 6) is 0.0933. The quantitative estimate of drug-likeness (QED) is 0.793. The lowest BCUT2D eigenvalue weighted by atomic mass is 10.3. The summed E-state index contributed by atoms with van der Waals surface area (Å²) in [7, 11) is 1.03. The van der Waals surface area contributed by atoms with E-state index in [1.54, 1.807) is 38.4 Å². The lowest BCUT2D eigenvalue weighted by molar-refractivity contribution is -0.127. The predicted molar refractivity (Wildman–Crippen MR) is 73.9 cm³/mol. The molecule has 0 aliphatic carbocycles. The molecule has 0 bridgehead atoms. The summed E-state index contributed by atoms with van der Waals surface area (Å²) in [6.45, 7) is -0.258. The molecular formula is C12H18N2O4S. The van der Waals surface area contributed by atoms with E-state index < -0.39 is 10.0 Å². The highest BCUT2D eigenvalue weighted by atomic mass is 32.2. The molecule has 0 unspecified atom stereocenters. The van der Waals surface area contributed by atoms with Crippen LogP contribution in [0.5, 0.6) is 5.75 Å². The van der Waals surface area contributed by atoms with Crippen LogP contribution >= 0.6 is 0 Å². The van der Waals surface area contributed by atoms with Gasteiger partial charge >= 0.3 is 0 Å². The summed E-state index contributed by atoms with van der Waals surface area (Å²) in [6.07, 6.45) is 1.06. The summed E-state index contributed by atoms with van der Waals surface area (Å²) in [5.41, 5.74) is 0.350. The minimum atomic E-state index is -3.57. The number of sulfonamides is 1. The van der Waals surface area contributed by atoms with Gasteiger partial charge in [-0.1, -0.05) is 12.1 Å². The number of carbonyl (C=O) groups excluding carboxylic acids is 1. The summed E-state index contributed by atoms with van der Waals surface area (Å²) >= 11 is 0. The van der Waals surface area contributed by atoms with Crippen LogP contribution in [0.2, 0.25) is 0 Å².